The van der Waals surface area contributed by atoms with Crippen LogP contribution < -0.4 is 10.2 Å². The van der Waals surface area contributed by atoms with Crippen molar-refractivity contribution in [2.75, 3.05) is 24.5 Å². The van der Waals surface area contributed by atoms with Gasteiger partial charge in [-0.15, -0.1) is 0 Å². The lowest BCUT2D eigenvalue weighted by atomic mass is 9.98. The van der Waals surface area contributed by atoms with Crippen molar-refractivity contribution >= 4 is 28.2 Å². The summed E-state index contributed by atoms with van der Waals surface area (Å²) in [5.41, 5.74) is 1.30. The van der Waals surface area contributed by atoms with Crippen LogP contribution in [-0.2, 0) is 10.9 Å². The van der Waals surface area contributed by atoms with Crippen molar-refractivity contribution in [2.45, 2.75) is 92.3 Å². The van der Waals surface area contributed by atoms with E-state index in [0.717, 1.165) is 35.6 Å². The molecule has 0 saturated carbocycles. The molecule has 0 bridgehead atoms. The van der Waals surface area contributed by atoms with Crippen LogP contribution in [-0.4, -0.2) is 50.9 Å². The summed E-state index contributed by atoms with van der Waals surface area (Å²) >= 11 is 0.979. The van der Waals surface area contributed by atoms with E-state index in [4.69, 9.17) is 4.74 Å². The molecule has 3 aromatic rings. The smallest absolute Gasteiger partial charge is 0.434 e. The Balaban J connectivity index is 2.06. The summed E-state index contributed by atoms with van der Waals surface area (Å²) in [5, 5.41) is 7.56. The Labute approximate surface area is 232 Å². The zero-order valence-corrected chi connectivity index (χ0v) is 24.8. The largest absolute Gasteiger partial charge is 0.444 e. The van der Waals surface area contributed by atoms with Gasteiger partial charge in [0.25, 0.3) is 0 Å². The number of amides is 1. The standard InChI is InChI=1S/C27H39F3N6O2S/c1-9-13-35(14-12-31-25(37)38-26(6,7)8)24-33-22(27(28,29)30)21(39-24)20-17(5)34-36-19(18(10-2)11-3)15-16(4)32-23(20)36/h15,18H,9-14H2,1-8H3,(H,31,37). The van der Waals surface area contributed by atoms with Gasteiger partial charge in [0.1, 0.15) is 5.60 Å². The molecule has 0 aliphatic carbocycles. The van der Waals surface area contributed by atoms with E-state index >= 15 is 0 Å². The van der Waals surface area contributed by atoms with Crippen LogP contribution in [0, 0.1) is 13.8 Å². The van der Waals surface area contributed by atoms with Gasteiger partial charge in [-0.1, -0.05) is 32.1 Å². The van der Waals surface area contributed by atoms with Crippen LogP contribution >= 0.6 is 11.3 Å². The van der Waals surface area contributed by atoms with Crippen LogP contribution in [0.2, 0.25) is 0 Å². The van der Waals surface area contributed by atoms with Crippen molar-refractivity contribution in [3.63, 3.8) is 0 Å². The number of hydrogen-bond acceptors (Lipinski definition) is 7. The van der Waals surface area contributed by atoms with Gasteiger partial charge in [0.15, 0.2) is 16.5 Å². The second-order valence-electron chi connectivity index (χ2n) is 10.6. The van der Waals surface area contributed by atoms with E-state index in [1.807, 2.05) is 19.9 Å². The van der Waals surface area contributed by atoms with Crippen molar-refractivity contribution < 1.29 is 22.7 Å². The Bertz CT molecular complexity index is 1290. The number of aryl methyl sites for hydroxylation is 2. The molecule has 3 aromatic heterocycles. The zero-order chi connectivity index (χ0) is 29.1. The molecule has 39 heavy (non-hydrogen) atoms. The number of nitrogens with zero attached hydrogens (tertiary/aromatic N) is 5. The SMILES string of the molecule is CCCN(CCNC(=O)OC(C)(C)C)c1nc(C(F)(F)F)c(-c2c(C)nn3c(C(CC)CC)cc(C)nc23)s1. The van der Waals surface area contributed by atoms with E-state index in [-0.39, 0.29) is 29.0 Å². The van der Waals surface area contributed by atoms with E-state index in [9.17, 15) is 18.0 Å². The fourth-order valence-corrected chi connectivity index (χ4v) is 5.75. The number of rotatable bonds is 10. The highest BCUT2D eigenvalue weighted by Crippen LogP contribution is 2.45. The molecule has 0 unspecified atom stereocenters. The Kier molecular flexibility index (Phi) is 9.51. The van der Waals surface area contributed by atoms with E-state index in [0.29, 0.717) is 29.9 Å². The van der Waals surface area contributed by atoms with Crippen molar-refractivity contribution in [1.82, 2.24) is 24.9 Å². The first kappa shape index (κ1) is 30.6. The maximum absolute atomic E-state index is 14.4. The summed E-state index contributed by atoms with van der Waals surface area (Å²) in [6.07, 6.45) is -2.79. The van der Waals surface area contributed by atoms with Gasteiger partial charge in [0.05, 0.1) is 16.1 Å². The number of hydrogen-bond donors (Lipinski definition) is 1. The molecule has 0 spiro atoms. The van der Waals surface area contributed by atoms with Crippen LogP contribution in [0.25, 0.3) is 16.1 Å². The summed E-state index contributed by atoms with van der Waals surface area (Å²) in [7, 11) is 0. The van der Waals surface area contributed by atoms with E-state index < -0.39 is 23.6 Å². The molecule has 3 rings (SSSR count). The van der Waals surface area contributed by atoms with Crippen molar-refractivity contribution in [3.05, 3.63) is 28.8 Å². The van der Waals surface area contributed by atoms with Crippen LogP contribution in [0.3, 0.4) is 0 Å². The molecule has 1 N–H and O–H groups in total. The fraction of sp³-hybridized carbons (Fsp3) is 0.630. The highest BCUT2D eigenvalue weighted by molar-refractivity contribution is 7.19. The number of alkyl halides is 3. The van der Waals surface area contributed by atoms with Gasteiger partial charge in [-0.3, -0.25) is 0 Å². The minimum absolute atomic E-state index is 0.000184. The number of aromatic nitrogens is 4. The molecule has 0 radical (unpaired) electrons. The summed E-state index contributed by atoms with van der Waals surface area (Å²) in [5.74, 6) is 0.206. The quantitative estimate of drug-likeness (QED) is 0.280. The minimum atomic E-state index is -4.67. The van der Waals surface area contributed by atoms with Gasteiger partial charge in [-0.2, -0.15) is 18.3 Å². The number of thiazole rings is 1. The van der Waals surface area contributed by atoms with Crippen molar-refractivity contribution in [2.24, 2.45) is 0 Å². The lowest BCUT2D eigenvalue weighted by Gasteiger charge is -2.23. The third kappa shape index (κ3) is 7.20. The number of carbonyl (C=O) groups excluding carboxylic acids is 1. The van der Waals surface area contributed by atoms with E-state index in [1.165, 1.54) is 0 Å². The average Bonchev–Trinajstić information content (AvgIpc) is 3.38. The third-order valence-electron chi connectivity index (χ3n) is 6.25. The lowest BCUT2D eigenvalue weighted by molar-refractivity contribution is -0.140. The van der Waals surface area contributed by atoms with Gasteiger partial charge >= 0.3 is 12.3 Å². The van der Waals surface area contributed by atoms with Crippen molar-refractivity contribution in [1.29, 1.82) is 0 Å². The van der Waals surface area contributed by atoms with Gasteiger partial charge in [0.2, 0.25) is 0 Å². The molecule has 3 heterocycles. The Morgan fingerprint density at radius 2 is 1.79 bits per heavy atom. The number of halogens is 3. The maximum Gasteiger partial charge on any atom is 0.434 e. The van der Waals surface area contributed by atoms with E-state index in [2.05, 4.69) is 34.2 Å². The molecule has 0 atom stereocenters. The first-order chi connectivity index (χ1) is 18.2. The normalized spacial score (nSPS) is 12.4. The van der Waals surface area contributed by atoms with Gasteiger partial charge in [-0.05, 0) is 59.9 Å². The molecule has 0 saturated heterocycles. The second kappa shape index (κ2) is 12.1. The number of fused-ring (bicyclic) bond motifs is 1. The van der Waals surface area contributed by atoms with Crippen LogP contribution in [0.15, 0.2) is 6.07 Å². The number of nitrogens with one attached hydrogen (secondary N) is 1. The molecule has 0 aliphatic rings. The Morgan fingerprint density at radius 3 is 2.36 bits per heavy atom. The average molecular weight is 569 g/mol. The number of alkyl carbamates (subject to hydrolysis) is 1. The molecule has 1 amide bonds. The summed E-state index contributed by atoms with van der Waals surface area (Å²) in [4.78, 5) is 22.5. The number of ether oxygens (including phenoxy) is 1. The lowest BCUT2D eigenvalue weighted by Crippen LogP contribution is -2.38. The highest BCUT2D eigenvalue weighted by atomic mass is 32.1. The van der Waals surface area contributed by atoms with Gasteiger partial charge in [-0.25, -0.2) is 19.3 Å². The van der Waals surface area contributed by atoms with Crippen LogP contribution in [0.5, 0.6) is 0 Å². The highest BCUT2D eigenvalue weighted by Gasteiger charge is 2.40. The first-order valence-corrected chi connectivity index (χ1v) is 14.2. The summed E-state index contributed by atoms with van der Waals surface area (Å²) in [6.45, 7) is 15.9. The number of carbonyl (C=O) groups is 1. The minimum Gasteiger partial charge on any atom is -0.444 e. The van der Waals surface area contributed by atoms with E-state index in [1.54, 1.807) is 37.1 Å². The predicted octanol–water partition coefficient (Wildman–Crippen LogP) is 7.13. The third-order valence-corrected chi connectivity index (χ3v) is 7.38. The maximum atomic E-state index is 14.4. The second-order valence-corrected chi connectivity index (χ2v) is 11.6. The predicted molar refractivity (Wildman–Crippen MR) is 149 cm³/mol. The van der Waals surface area contributed by atoms with Crippen LogP contribution in [0.1, 0.15) is 89.5 Å². The topological polar surface area (TPSA) is 84.7 Å². The Morgan fingerprint density at radius 1 is 1.13 bits per heavy atom. The molecule has 0 aliphatic heterocycles. The molecule has 12 heteroatoms. The fourth-order valence-electron chi connectivity index (χ4n) is 4.52. The summed E-state index contributed by atoms with van der Waals surface area (Å²) in [6, 6.07) is 1.96. The zero-order valence-electron chi connectivity index (χ0n) is 24.0. The molecule has 0 fully saturated rings. The van der Waals surface area contributed by atoms with Crippen LogP contribution in [0.4, 0.5) is 23.1 Å². The summed E-state index contributed by atoms with van der Waals surface area (Å²) < 4.78 is 50.0. The van der Waals surface area contributed by atoms with Crippen molar-refractivity contribution in [3.8, 4) is 10.4 Å². The molecular formula is C27H39F3N6O2S. The first-order valence-electron chi connectivity index (χ1n) is 13.4. The van der Waals surface area contributed by atoms with Gasteiger partial charge < -0.3 is 15.0 Å². The Hall–Kier alpha value is -2.89. The van der Waals surface area contributed by atoms with Gasteiger partial charge in [0, 0.05) is 36.9 Å². The molecule has 0 aromatic carbocycles. The molecule has 216 valence electrons. The molecule has 8 nitrogen and oxygen atoms in total. The number of anilines is 1. The monoisotopic (exact) mass is 568 g/mol. The molecular weight excluding hydrogens is 529 g/mol.